The molecule has 3 rings (SSSR count). The Labute approximate surface area is 167 Å². The zero-order valence-electron chi connectivity index (χ0n) is 15.8. The molecule has 9 nitrogen and oxygen atoms in total. The normalized spacial score (nSPS) is 14.2. The third-order valence-corrected chi connectivity index (χ3v) is 7.16. The quantitative estimate of drug-likeness (QED) is 0.734. The maximum Gasteiger partial charge on any atom is 0.325 e. The molecule has 1 aromatic heterocycles. The molecule has 2 amide bonds. The third-order valence-electron chi connectivity index (χ3n) is 4.33. The van der Waals surface area contributed by atoms with Crippen LogP contribution < -0.4 is 20.1 Å². The van der Waals surface area contributed by atoms with E-state index in [4.69, 9.17) is 9.47 Å². The SMILES string of the molecule is CCS(=O)(=O)N1CCc2nc(NC(=O)Nc3ccc(OC)cc3OC)sc2C1. The number of rotatable bonds is 6. The maximum atomic E-state index is 12.3. The summed E-state index contributed by atoms with van der Waals surface area (Å²) >= 11 is 1.28. The van der Waals surface area contributed by atoms with Crippen molar-refractivity contribution in [3.8, 4) is 11.5 Å². The number of aromatic nitrogens is 1. The molecule has 28 heavy (non-hydrogen) atoms. The number of amides is 2. The summed E-state index contributed by atoms with van der Waals surface area (Å²) < 4.78 is 36.0. The van der Waals surface area contributed by atoms with E-state index in [1.165, 1.54) is 22.8 Å². The third kappa shape index (κ3) is 4.37. The molecule has 1 aliphatic rings. The van der Waals surface area contributed by atoms with Crippen LogP contribution in [0, 0.1) is 0 Å². The predicted molar refractivity (Wildman–Crippen MR) is 108 cm³/mol. The highest BCUT2D eigenvalue weighted by Gasteiger charge is 2.28. The van der Waals surface area contributed by atoms with E-state index in [-0.39, 0.29) is 5.75 Å². The second-order valence-electron chi connectivity index (χ2n) is 6.02. The number of ether oxygens (including phenoxy) is 2. The molecule has 152 valence electrons. The van der Waals surface area contributed by atoms with Crippen LogP contribution in [0.2, 0.25) is 0 Å². The minimum atomic E-state index is -3.24. The molecule has 0 atom stereocenters. The van der Waals surface area contributed by atoms with Gasteiger partial charge in [0.15, 0.2) is 5.13 Å². The van der Waals surface area contributed by atoms with E-state index < -0.39 is 16.1 Å². The zero-order valence-corrected chi connectivity index (χ0v) is 17.4. The molecule has 0 fully saturated rings. The molecule has 0 spiro atoms. The van der Waals surface area contributed by atoms with Gasteiger partial charge in [0, 0.05) is 30.5 Å². The Balaban J connectivity index is 1.68. The summed E-state index contributed by atoms with van der Waals surface area (Å²) in [6.45, 7) is 2.32. The molecular formula is C17H22N4O5S2. The van der Waals surface area contributed by atoms with E-state index >= 15 is 0 Å². The van der Waals surface area contributed by atoms with Crippen LogP contribution >= 0.6 is 11.3 Å². The number of sulfonamides is 1. The number of thiazole rings is 1. The Morgan fingerprint density at radius 1 is 1.29 bits per heavy atom. The lowest BCUT2D eigenvalue weighted by molar-refractivity contribution is 0.262. The Kier molecular flexibility index (Phi) is 6.06. The predicted octanol–water partition coefficient (Wildman–Crippen LogP) is 2.51. The van der Waals surface area contributed by atoms with Crippen LogP contribution in [0.5, 0.6) is 11.5 Å². The van der Waals surface area contributed by atoms with Crippen molar-refractivity contribution in [3.05, 3.63) is 28.8 Å². The van der Waals surface area contributed by atoms with Gasteiger partial charge in [-0.25, -0.2) is 18.2 Å². The van der Waals surface area contributed by atoms with Gasteiger partial charge in [0.05, 0.1) is 31.4 Å². The monoisotopic (exact) mass is 426 g/mol. The number of anilines is 2. The number of hydrogen-bond donors (Lipinski definition) is 2. The smallest absolute Gasteiger partial charge is 0.325 e. The average Bonchev–Trinajstić information content (AvgIpc) is 3.09. The summed E-state index contributed by atoms with van der Waals surface area (Å²) in [6, 6.07) is 4.59. The number of methoxy groups -OCH3 is 2. The molecule has 0 unspecified atom stereocenters. The molecule has 0 bridgehead atoms. The molecule has 1 aliphatic heterocycles. The van der Waals surface area contributed by atoms with Gasteiger partial charge in [-0.05, 0) is 19.1 Å². The number of hydrogen-bond acceptors (Lipinski definition) is 7. The molecule has 2 heterocycles. The van der Waals surface area contributed by atoms with Crippen molar-refractivity contribution >= 4 is 38.2 Å². The Hall–Kier alpha value is -2.37. The van der Waals surface area contributed by atoms with E-state index in [9.17, 15) is 13.2 Å². The van der Waals surface area contributed by atoms with Crippen LogP contribution in [-0.2, 0) is 23.0 Å². The first-order chi connectivity index (χ1) is 13.4. The standard InChI is InChI=1S/C17H22N4O5S2/c1-4-28(23,24)21-8-7-13-15(10-21)27-17(19-13)20-16(22)18-12-6-5-11(25-2)9-14(12)26-3/h5-6,9H,4,7-8,10H2,1-3H3,(H2,18,19,20,22). The minimum absolute atomic E-state index is 0.0678. The van der Waals surface area contributed by atoms with Crippen molar-refractivity contribution in [2.75, 3.05) is 37.2 Å². The highest BCUT2D eigenvalue weighted by Crippen LogP contribution is 2.31. The summed E-state index contributed by atoms with van der Waals surface area (Å²) in [5.41, 5.74) is 1.31. The van der Waals surface area contributed by atoms with E-state index in [1.54, 1.807) is 32.2 Å². The average molecular weight is 427 g/mol. The van der Waals surface area contributed by atoms with Crippen molar-refractivity contribution in [2.24, 2.45) is 0 Å². The number of nitrogens with one attached hydrogen (secondary N) is 2. The summed E-state index contributed by atoms with van der Waals surface area (Å²) in [5.74, 6) is 1.15. The fourth-order valence-electron chi connectivity index (χ4n) is 2.80. The van der Waals surface area contributed by atoms with Crippen LogP contribution in [0.25, 0.3) is 0 Å². The van der Waals surface area contributed by atoms with Crippen molar-refractivity contribution in [1.29, 1.82) is 0 Å². The molecule has 0 saturated carbocycles. The Morgan fingerprint density at radius 3 is 2.75 bits per heavy atom. The fourth-order valence-corrected chi connectivity index (χ4v) is 4.96. The van der Waals surface area contributed by atoms with Gasteiger partial charge in [-0.3, -0.25) is 5.32 Å². The lowest BCUT2D eigenvalue weighted by atomic mass is 10.2. The fraction of sp³-hybridized carbons (Fsp3) is 0.412. The lowest BCUT2D eigenvalue weighted by Crippen LogP contribution is -2.36. The zero-order chi connectivity index (χ0) is 20.3. The highest BCUT2D eigenvalue weighted by molar-refractivity contribution is 7.89. The van der Waals surface area contributed by atoms with Crippen LogP contribution in [0.15, 0.2) is 18.2 Å². The molecule has 0 saturated heterocycles. The second kappa shape index (κ2) is 8.33. The van der Waals surface area contributed by atoms with Gasteiger partial charge in [0.2, 0.25) is 10.0 Å². The first-order valence-electron chi connectivity index (χ1n) is 8.62. The molecule has 2 aromatic rings. The van der Waals surface area contributed by atoms with Gasteiger partial charge in [-0.15, -0.1) is 0 Å². The van der Waals surface area contributed by atoms with Crippen LogP contribution in [0.3, 0.4) is 0 Å². The van der Waals surface area contributed by atoms with Crippen LogP contribution in [0.4, 0.5) is 15.6 Å². The molecule has 0 radical (unpaired) electrons. The van der Waals surface area contributed by atoms with Crippen molar-refractivity contribution in [2.45, 2.75) is 19.9 Å². The first-order valence-corrected chi connectivity index (χ1v) is 11.0. The van der Waals surface area contributed by atoms with E-state index in [2.05, 4.69) is 15.6 Å². The van der Waals surface area contributed by atoms with E-state index in [1.807, 2.05) is 0 Å². The van der Waals surface area contributed by atoms with Gasteiger partial charge >= 0.3 is 6.03 Å². The summed E-state index contributed by atoms with van der Waals surface area (Å²) in [7, 11) is -0.193. The minimum Gasteiger partial charge on any atom is -0.497 e. The van der Waals surface area contributed by atoms with Crippen LogP contribution in [0.1, 0.15) is 17.5 Å². The summed E-state index contributed by atoms with van der Waals surface area (Å²) in [4.78, 5) is 17.6. The van der Waals surface area contributed by atoms with Crippen molar-refractivity contribution in [1.82, 2.24) is 9.29 Å². The molecule has 11 heteroatoms. The number of carbonyl (C=O) groups is 1. The van der Waals surface area contributed by atoms with Gasteiger partial charge < -0.3 is 14.8 Å². The number of benzene rings is 1. The van der Waals surface area contributed by atoms with Gasteiger partial charge in [0.25, 0.3) is 0 Å². The number of nitrogens with zero attached hydrogens (tertiary/aromatic N) is 2. The summed E-state index contributed by atoms with van der Waals surface area (Å²) in [6.07, 6.45) is 0.528. The number of fused-ring (bicyclic) bond motifs is 1. The van der Waals surface area contributed by atoms with Gasteiger partial charge in [-0.2, -0.15) is 4.31 Å². The summed E-state index contributed by atoms with van der Waals surface area (Å²) in [5, 5.41) is 5.83. The lowest BCUT2D eigenvalue weighted by Gasteiger charge is -2.24. The van der Waals surface area contributed by atoms with Crippen molar-refractivity contribution in [3.63, 3.8) is 0 Å². The highest BCUT2D eigenvalue weighted by atomic mass is 32.2. The van der Waals surface area contributed by atoms with Gasteiger partial charge in [-0.1, -0.05) is 11.3 Å². The number of urea groups is 1. The molecular weight excluding hydrogens is 404 g/mol. The largest absolute Gasteiger partial charge is 0.497 e. The molecule has 2 N–H and O–H groups in total. The molecule has 1 aromatic carbocycles. The Morgan fingerprint density at radius 2 is 2.07 bits per heavy atom. The van der Waals surface area contributed by atoms with E-state index in [0.29, 0.717) is 41.8 Å². The maximum absolute atomic E-state index is 12.3. The van der Waals surface area contributed by atoms with Crippen LogP contribution in [-0.4, -0.2) is 50.3 Å². The first kappa shape index (κ1) is 20.4. The topological polar surface area (TPSA) is 110 Å². The number of carbonyl (C=O) groups excluding carboxylic acids is 1. The van der Waals surface area contributed by atoms with Crippen molar-refractivity contribution < 1.29 is 22.7 Å². The van der Waals surface area contributed by atoms with E-state index in [0.717, 1.165) is 10.6 Å². The Bertz CT molecular complexity index is 974. The van der Waals surface area contributed by atoms with Gasteiger partial charge in [0.1, 0.15) is 11.5 Å². The molecule has 0 aliphatic carbocycles. The second-order valence-corrected chi connectivity index (χ2v) is 9.36.